The second-order valence-corrected chi connectivity index (χ2v) is 14.2. The van der Waals surface area contributed by atoms with Crippen molar-refractivity contribution in [1.29, 1.82) is 0 Å². The van der Waals surface area contributed by atoms with Crippen LogP contribution in [0.1, 0.15) is 28.2 Å². The van der Waals surface area contributed by atoms with Crippen LogP contribution in [0.5, 0.6) is 0 Å². The average molecular weight is 658 g/mol. The molecule has 7 aromatic rings. The van der Waals surface area contributed by atoms with E-state index in [0.29, 0.717) is 22.7 Å². The monoisotopic (exact) mass is 657 g/mol. The molecule has 2 atom stereocenters. The molecule has 0 N–H and O–H groups in total. The highest BCUT2D eigenvalue weighted by Gasteiger charge is 2.37. The maximum atomic E-state index is 5.12. The first kappa shape index (κ1) is 29.1. The zero-order valence-corrected chi connectivity index (χ0v) is 28.0. The Bertz CT molecular complexity index is 2430. The molecule has 0 fully saturated rings. The number of hydrogen-bond donors (Lipinski definition) is 0. The van der Waals surface area contributed by atoms with Crippen LogP contribution in [-0.2, 0) is 6.42 Å². The van der Waals surface area contributed by atoms with Crippen LogP contribution in [0, 0.1) is 0 Å². The molecular formula is C46H31N3S. The molecule has 6 aromatic carbocycles. The van der Waals surface area contributed by atoms with Gasteiger partial charge in [0.2, 0.25) is 0 Å². The largest absolute Gasteiger partial charge is 0.208 e. The highest BCUT2D eigenvalue weighted by Crippen LogP contribution is 2.55. The van der Waals surface area contributed by atoms with Crippen molar-refractivity contribution in [1.82, 2.24) is 15.0 Å². The van der Waals surface area contributed by atoms with Gasteiger partial charge in [-0.2, -0.15) is 0 Å². The Labute approximate surface area is 296 Å². The Hall–Kier alpha value is -5.84. The summed E-state index contributed by atoms with van der Waals surface area (Å²) in [5.41, 5.74) is 14.9. The van der Waals surface area contributed by atoms with Crippen molar-refractivity contribution in [3.63, 3.8) is 0 Å². The van der Waals surface area contributed by atoms with Crippen molar-refractivity contribution < 1.29 is 0 Å². The van der Waals surface area contributed by atoms with Crippen LogP contribution < -0.4 is 0 Å². The van der Waals surface area contributed by atoms with Crippen molar-refractivity contribution in [3.05, 3.63) is 186 Å². The third-order valence-electron chi connectivity index (χ3n) is 10.1. The molecule has 1 aliphatic heterocycles. The number of aromatic nitrogens is 3. The highest BCUT2D eigenvalue weighted by molar-refractivity contribution is 8.01. The fraction of sp³-hybridized carbons (Fsp3) is 0.0652. The van der Waals surface area contributed by atoms with Gasteiger partial charge in [0.25, 0.3) is 0 Å². The summed E-state index contributed by atoms with van der Waals surface area (Å²) in [5, 5.41) is 0.319. The van der Waals surface area contributed by atoms with Gasteiger partial charge in [-0.25, -0.2) is 15.0 Å². The minimum absolute atomic E-state index is 0.254. The molecule has 2 heterocycles. The lowest BCUT2D eigenvalue weighted by Gasteiger charge is -2.25. The first-order chi connectivity index (χ1) is 24.8. The van der Waals surface area contributed by atoms with Gasteiger partial charge in [0.05, 0.1) is 0 Å². The summed E-state index contributed by atoms with van der Waals surface area (Å²) < 4.78 is 0. The van der Waals surface area contributed by atoms with Gasteiger partial charge in [-0.3, -0.25) is 0 Å². The molecule has 0 saturated heterocycles. The van der Waals surface area contributed by atoms with Crippen molar-refractivity contribution in [2.45, 2.75) is 22.5 Å². The van der Waals surface area contributed by atoms with E-state index in [4.69, 9.17) is 15.0 Å². The van der Waals surface area contributed by atoms with Crippen LogP contribution >= 0.6 is 11.8 Å². The Morgan fingerprint density at radius 2 is 1.12 bits per heavy atom. The van der Waals surface area contributed by atoms with Crippen molar-refractivity contribution in [2.24, 2.45) is 0 Å². The van der Waals surface area contributed by atoms with E-state index in [2.05, 4.69) is 127 Å². The molecule has 0 radical (unpaired) electrons. The van der Waals surface area contributed by atoms with Gasteiger partial charge in [0.1, 0.15) is 0 Å². The lowest BCUT2D eigenvalue weighted by molar-refractivity contribution is 0.891. The summed E-state index contributed by atoms with van der Waals surface area (Å²) >= 11 is 2.02. The second-order valence-electron chi connectivity index (χ2n) is 13.1. The van der Waals surface area contributed by atoms with Gasteiger partial charge in [-0.05, 0) is 56.5 Å². The van der Waals surface area contributed by atoms with Gasteiger partial charge in [0, 0.05) is 32.8 Å². The molecule has 3 aliphatic rings. The normalized spacial score (nSPS) is 16.7. The molecule has 4 heteroatoms. The first-order valence-electron chi connectivity index (χ1n) is 17.1. The molecule has 3 nitrogen and oxygen atoms in total. The van der Waals surface area contributed by atoms with Crippen LogP contribution in [0.15, 0.2) is 169 Å². The smallest absolute Gasteiger partial charge is 0.164 e. The fourth-order valence-electron chi connectivity index (χ4n) is 7.77. The molecule has 2 aliphatic carbocycles. The number of nitrogens with zero attached hydrogens (tertiary/aromatic N) is 3. The third-order valence-corrected chi connectivity index (χ3v) is 11.6. The van der Waals surface area contributed by atoms with E-state index in [0.717, 1.165) is 23.1 Å². The predicted molar refractivity (Wildman–Crippen MR) is 206 cm³/mol. The van der Waals surface area contributed by atoms with E-state index >= 15 is 0 Å². The van der Waals surface area contributed by atoms with E-state index in [-0.39, 0.29) is 5.92 Å². The summed E-state index contributed by atoms with van der Waals surface area (Å²) in [4.78, 5) is 16.6. The molecular weight excluding hydrogens is 627 g/mol. The van der Waals surface area contributed by atoms with Crippen LogP contribution in [0.3, 0.4) is 0 Å². The van der Waals surface area contributed by atoms with E-state index < -0.39 is 0 Å². The highest BCUT2D eigenvalue weighted by atomic mass is 32.2. The number of hydrogen-bond acceptors (Lipinski definition) is 4. The van der Waals surface area contributed by atoms with E-state index in [1.54, 1.807) is 0 Å². The lowest BCUT2D eigenvalue weighted by Crippen LogP contribution is -2.14. The molecule has 10 rings (SSSR count). The summed E-state index contributed by atoms with van der Waals surface area (Å²) in [6.45, 7) is 0. The molecule has 0 amide bonds. The summed E-state index contributed by atoms with van der Waals surface area (Å²) in [5.74, 6) is 2.31. The minimum atomic E-state index is 0.254. The third kappa shape index (κ3) is 4.87. The van der Waals surface area contributed by atoms with Crippen LogP contribution in [-0.4, -0.2) is 20.2 Å². The lowest BCUT2D eigenvalue weighted by atomic mass is 9.83. The molecule has 236 valence electrons. The fourth-order valence-corrected chi connectivity index (χ4v) is 9.38. The molecule has 0 spiro atoms. The summed E-state index contributed by atoms with van der Waals surface area (Å²) in [6, 6.07) is 51.7. The van der Waals surface area contributed by atoms with E-state index in [1.807, 2.05) is 48.2 Å². The number of benzene rings is 6. The summed E-state index contributed by atoms with van der Waals surface area (Å²) in [6.07, 6.45) is 7.87. The van der Waals surface area contributed by atoms with Gasteiger partial charge in [-0.1, -0.05) is 164 Å². The van der Waals surface area contributed by atoms with Crippen LogP contribution in [0.2, 0.25) is 0 Å². The number of allylic oxidation sites excluding steroid dienone is 3. The van der Waals surface area contributed by atoms with Gasteiger partial charge >= 0.3 is 0 Å². The van der Waals surface area contributed by atoms with Gasteiger partial charge < -0.3 is 0 Å². The molecule has 0 saturated carbocycles. The van der Waals surface area contributed by atoms with Crippen LogP contribution in [0.4, 0.5) is 0 Å². The Morgan fingerprint density at radius 1 is 0.500 bits per heavy atom. The Balaban J connectivity index is 1.07. The summed E-state index contributed by atoms with van der Waals surface area (Å²) in [7, 11) is 0. The van der Waals surface area contributed by atoms with Crippen molar-refractivity contribution in [3.8, 4) is 56.4 Å². The maximum Gasteiger partial charge on any atom is 0.164 e. The van der Waals surface area contributed by atoms with Crippen LogP contribution in [0.25, 0.3) is 62.0 Å². The van der Waals surface area contributed by atoms with Gasteiger partial charge in [-0.15, -0.1) is 11.8 Å². The number of rotatable bonds is 5. The maximum absolute atomic E-state index is 5.12. The van der Waals surface area contributed by atoms with Crippen molar-refractivity contribution in [2.75, 3.05) is 0 Å². The zero-order valence-electron chi connectivity index (χ0n) is 27.2. The molecule has 2 unspecified atom stereocenters. The van der Waals surface area contributed by atoms with E-state index in [1.165, 1.54) is 55.0 Å². The molecule has 1 aromatic heterocycles. The standard InChI is InChI=1S/C46H31N3S/c1-4-13-29(14-5-1)35-20-11-22-37-38-23-12-21-36(43(38)50-42(35)37)33-26-25-32-27-34-19-10-24-39(41(34)40(32)28-33)46-48-44(30-15-6-2-7-16-30)47-45(49-46)31-17-8-3-9-18-31/h1-26,28,36,43H,27H2. The molecule has 50 heavy (non-hydrogen) atoms. The van der Waals surface area contributed by atoms with E-state index in [9.17, 15) is 0 Å². The second kappa shape index (κ2) is 11.9. The Morgan fingerprint density at radius 3 is 1.84 bits per heavy atom. The SMILES string of the molecule is C1=CC(c2ccc3c(c2)-c2c(cccc2-c2nc(-c4ccccc4)nc(-c4ccccc4)n2)C3)C2Sc3c(cccc3-c3ccccc3)C2=C1. The number of fused-ring (bicyclic) bond motifs is 6. The Kier molecular flexibility index (Phi) is 6.95. The van der Waals surface area contributed by atoms with Gasteiger partial charge in [0.15, 0.2) is 17.5 Å². The molecule has 0 bridgehead atoms. The predicted octanol–water partition coefficient (Wildman–Crippen LogP) is 11.3. The van der Waals surface area contributed by atoms with Crippen molar-refractivity contribution >= 4 is 17.3 Å². The minimum Gasteiger partial charge on any atom is -0.208 e. The average Bonchev–Trinajstić information content (AvgIpc) is 3.77. The quantitative estimate of drug-likeness (QED) is 0.185. The topological polar surface area (TPSA) is 38.7 Å². The number of thioether (sulfide) groups is 1. The zero-order chi connectivity index (χ0) is 33.0. The first-order valence-corrected chi connectivity index (χ1v) is 18.0.